The first-order valence-electron chi connectivity index (χ1n) is 7.69. The Morgan fingerprint density at radius 2 is 1.85 bits per heavy atom. The second-order valence-corrected chi connectivity index (χ2v) is 6.13. The van der Waals surface area contributed by atoms with E-state index in [0.29, 0.717) is 15.7 Å². The van der Waals surface area contributed by atoms with E-state index in [1.54, 1.807) is 43.6 Å². The number of aromatic nitrogens is 1. The summed E-state index contributed by atoms with van der Waals surface area (Å²) in [7, 11) is 1.61. The summed E-state index contributed by atoms with van der Waals surface area (Å²) in [5.41, 5.74) is 2.30. The molecule has 3 rings (SSSR count). The van der Waals surface area contributed by atoms with Gasteiger partial charge in [0.05, 0.1) is 34.7 Å². The van der Waals surface area contributed by atoms with Gasteiger partial charge in [0.2, 0.25) is 0 Å². The number of rotatable bonds is 5. The molecule has 0 radical (unpaired) electrons. The van der Waals surface area contributed by atoms with Crippen LogP contribution in [-0.2, 0) is 0 Å². The van der Waals surface area contributed by atoms with Gasteiger partial charge in [-0.2, -0.15) is 0 Å². The average molecular weight is 388 g/mol. The molecule has 7 heteroatoms. The van der Waals surface area contributed by atoms with Crippen molar-refractivity contribution in [1.29, 1.82) is 0 Å². The van der Waals surface area contributed by atoms with Gasteiger partial charge in [0.25, 0.3) is 5.91 Å². The fourth-order valence-corrected chi connectivity index (χ4v) is 2.60. The molecule has 0 spiro atoms. The third-order valence-electron chi connectivity index (χ3n) is 3.55. The standard InChI is InChI=1S/C19H15Cl2N3O2/c1-26-14-5-2-4-12(10-14)23-13-8-9-17(22-11-13)19(25)24-16-7-3-6-15(20)18(16)21/h2-11,23H,1H3,(H,24,25). The van der Waals surface area contributed by atoms with Crippen LogP contribution in [0.5, 0.6) is 5.75 Å². The zero-order chi connectivity index (χ0) is 18.5. The Hall–Kier alpha value is -2.76. The van der Waals surface area contributed by atoms with Crippen LogP contribution in [0.4, 0.5) is 17.1 Å². The third-order valence-corrected chi connectivity index (χ3v) is 4.37. The molecule has 0 unspecified atom stereocenters. The monoisotopic (exact) mass is 387 g/mol. The predicted molar refractivity (Wildman–Crippen MR) is 105 cm³/mol. The van der Waals surface area contributed by atoms with E-state index >= 15 is 0 Å². The molecule has 0 bridgehead atoms. The van der Waals surface area contributed by atoms with Gasteiger partial charge in [0, 0.05) is 11.8 Å². The number of nitrogens with zero attached hydrogens (tertiary/aromatic N) is 1. The molecule has 0 saturated heterocycles. The maximum Gasteiger partial charge on any atom is 0.274 e. The smallest absolute Gasteiger partial charge is 0.274 e. The highest BCUT2D eigenvalue weighted by atomic mass is 35.5. The number of anilines is 3. The SMILES string of the molecule is COc1cccc(Nc2ccc(C(=O)Nc3cccc(Cl)c3Cl)nc2)c1. The molecule has 0 atom stereocenters. The van der Waals surface area contributed by atoms with Crippen LogP contribution in [0.3, 0.4) is 0 Å². The molecule has 1 amide bonds. The summed E-state index contributed by atoms with van der Waals surface area (Å²) in [5, 5.41) is 6.56. The number of hydrogen-bond donors (Lipinski definition) is 2. The number of methoxy groups -OCH3 is 1. The van der Waals surface area contributed by atoms with E-state index in [1.165, 1.54) is 0 Å². The number of carbonyl (C=O) groups is 1. The summed E-state index contributed by atoms with van der Waals surface area (Å²) in [6.07, 6.45) is 1.58. The summed E-state index contributed by atoms with van der Waals surface area (Å²) in [5.74, 6) is 0.374. The van der Waals surface area contributed by atoms with Gasteiger partial charge in [0.1, 0.15) is 11.4 Å². The zero-order valence-corrected chi connectivity index (χ0v) is 15.3. The lowest BCUT2D eigenvalue weighted by Crippen LogP contribution is -2.14. The summed E-state index contributed by atoms with van der Waals surface area (Å²) in [6, 6.07) is 15.9. The van der Waals surface area contributed by atoms with Gasteiger partial charge in [-0.3, -0.25) is 4.79 Å². The molecular weight excluding hydrogens is 373 g/mol. The molecule has 26 heavy (non-hydrogen) atoms. The number of hydrogen-bond acceptors (Lipinski definition) is 4. The summed E-state index contributed by atoms with van der Waals surface area (Å²) < 4.78 is 5.19. The molecule has 1 aromatic heterocycles. The van der Waals surface area contributed by atoms with Gasteiger partial charge in [-0.25, -0.2) is 4.98 Å². The van der Waals surface area contributed by atoms with Gasteiger partial charge in [-0.15, -0.1) is 0 Å². The maximum absolute atomic E-state index is 12.3. The fourth-order valence-electron chi connectivity index (χ4n) is 2.26. The molecule has 0 saturated carbocycles. The van der Waals surface area contributed by atoms with Crippen LogP contribution in [0.1, 0.15) is 10.5 Å². The summed E-state index contributed by atoms with van der Waals surface area (Å²) in [6.45, 7) is 0. The van der Waals surface area contributed by atoms with Crippen molar-refractivity contribution < 1.29 is 9.53 Å². The molecule has 0 aliphatic rings. The predicted octanol–water partition coefficient (Wildman–Crippen LogP) is 5.39. The van der Waals surface area contributed by atoms with Crippen molar-refractivity contribution >= 4 is 46.2 Å². The Morgan fingerprint density at radius 1 is 1.04 bits per heavy atom. The second kappa shape index (κ2) is 8.08. The topological polar surface area (TPSA) is 63.2 Å². The van der Waals surface area contributed by atoms with Crippen molar-refractivity contribution in [3.63, 3.8) is 0 Å². The van der Waals surface area contributed by atoms with E-state index in [9.17, 15) is 4.79 Å². The first-order chi connectivity index (χ1) is 12.6. The van der Waals surface area contributed by atoms with Crippen molar-refractivity contribution in [2.75, 3.05) is 17.7 Å². The Morgan fingerprint density at radius 3 is 2.58 bits per heavy atom. The molecule has 1 heterocycles. The average Bonchev–Trinajstić information content (AvgIpc) is 2.66. The molecule has 2 N–H and O–H groups in total. The van der Waals surface area contributed by atoms with E-state index in [-0.39, 0.29) is 11.6 Å². The Kier molecular flexibility index (Phi) is 5.61. The highest BCUT2D eigenvalue weighted by Crippen LogP contribution is 2.29. The van der Waals surface area contributed by atoms with Crippen LogP contribution in [0.2, 0.25) is 10.0 Å². The van der Waals surface area contributed by atoms with E-state index in [2.05, 4.69) is 15.6 Å². The lowest BCUT2D eigenvalue weighted by molar-refractivity contribution is 0.102. The minimum absolute atomic E-state index is 0.261. The Bertz CT molecular complexity index is 930. The third kappa shape index (κ3) is 4.25. The van der Waals surface area contributed by atoms with Crippen LogP contribution < -0.4 is 15.4 Å². The van der Waals surface area contributed by atoms with E-state index in [0.717, 1.165) is 17.1 Å². The molecule has 2 aromatic carbocycles. The van der Waals surface area contributed by atoms with Crippen LogP contribution in [0.15, 0.2) is 60.8 Å². The molecule has 132 valence electrons. The van der Waals surface area contributed by atoms with Gasteiger partial charge in [-0.05, 0) is 36.4 Å². The minimum Gasteiger partial charge on any atom is -0.497 e. The van der Waals surface area contributed by atoms with Gasteiger partial charge >= 0.3 is 0 Å². The summed E-state index contributed by atoms with van der Waals surface area (Å²) in [4.78, 5) is 16.5. The largest absolute Gasteiger partial charge is 0.497 e. The van der Waals surface area contributed by atoms with Crippen molar-refractivity contribution in [3.05, 3.63) is 76.5 Å². The molecule has 3 aromatic rings. The molecular formula is C19H15Cl2N3O2. The van der Waals surface area contributed by atoms with Crippen LogP contribution in [0, 0.1) is 0 Å². The number of halogens is 2. The highest BCUT2D eigenvalue weighted by Gasteiger charge is 2.11. The molecule has 0 fully saturated rings. The van der Waals surface area contributed by atoms with Crippen molar-refractivity contribution in [2.24, 2.45) is 0 Å². The van der Waals surface area contributed by atoms with Crippen molar-refractivity contribution in [2.45, 2.75) is 0 Å². The molecule has 0 aliphatic heterocycles. The quantitative estimate of drug-likeness (QED) is 0.615. The highest BCUT2D eigenvalue weighted by molar-refractivity contribution is 6.44. The molecule has 5 nitrogen and oxygen atoms in total. The number of amides is 1. The maximum atomic E-state index is 12.3. The van der Waals surface area contributed by atoms with E-state index in [1.807, 2.05) is 24.3 Å². The van der Waals surface area contributed by atoms with Gasteiger partial charge < -0.3 is 15.4 Å². The van der Waals surface area contributed by atoms with Gasteiger partial charge in [-0.1, -0.05) is 35.3 Å². The van der Waals surface area contributed by atoms with Crippen molar-refractivity contribution in [1.82, 2.24) is 4.98 Å². The lowest BCUT2D eigenvalue weighted by atomic mass is 10.2. The number of pyridine rings is 1. The number of ether oxygens (including phenoxy) is 1. The zero-order valence-electron chi connectivity index (χ0n) is 13.8. The van der Waals surface area contributed by atoms with Crippen LogP contribution in [-0.4, -0.2) is 18.0 Å². The van der Waals surface area contributed by atoms with Crippen LogP contribution in [0.25, 0.3) is 0 Å². The summed E-state index contributed by atoms with van der Waals surface area (Å²) >= 11 is 12.0. The number of carbonyl (C=O) groups excluding carboxylic acids is 1. The second-order valence-electron chi connectivity index (χ2n) is 5.34. The van der Waals surface area contributed by atoms with Gasteiger partial charge in [0.15, 0.2) is 0 Å². The van der Waals surface area contributed by atoms with E-state index < -0.39 is 0 Å². The van der Waals surface area contributed by atoms with E-state index in [4.69, 9.17) is 27.9 Å². The Balaban J connectivity index is 1.70. The number of nitrogens with one attached hydrogen (secondary N) is 2. The molecule has 0 aliphatic carbocycles. The normalized spacial score (nSPS) is 10.3. The Labute approximate surface area is 160 Å². The number of benzene rings is 2. The van der Waals surface area contributed by atoms with Crippen LogP contribution >= 0.6 is 23.2 Å². The first kappa shape index (κ1) is 18.0. The first-order valence-corrected chi connectivity index (χ1v) is 8.45. The van der Waals surface area contributed by atoms with Crippen molar-refractivity contribution in [3.8, 4) is 5.75 Å². The fraction of sp³-hybridized carbons (Fsp3) is 0.0526. The minimum atomic E-state index is -0.373. The lowest BCUT2D eigenvalue weighted by Gasteiger charge is -2.10.